The molecule has 0 spiro atoms. The van der Waals surface area contributed by atoms with Crippen LogP contribution < -0.4 is 4.18 Å². The molecule has 0 saturated heterocycles. The molecule has 0 heterocycles. The maximum Gasteiger partial charge on any atom is 0.339 e. The monoisotopic (exact) mass is 363 g/mol. The Morgan fingerprint density at radius 1 is 1.16 bits per heavy atom. The molecule has 0 N–H and O–H groups in total. The minimum Gasteiger partial charge on any atom is -0.379 e. The lowest BCUT2D eigenvalue weighted by Gasteiger charge is -2.09. The van der Waals surface area contributed by atoms with Crippen LogP contribution in [0.5, 0.6) is 5.75 Å². The van der Waals surface area contributed by atoms with E-state index in [0.717, 1.165) is 17.7 Å². The number of nitrogens with zero attached hydrogens (tertiary/aromatic N) is 1. The Kier molecular flexibility index (Phi) is 5.53. The second kappa shape index (κ2) is 7.43. The van der Waals surface area contributed by atoms with E-state index in [9.17, 15) is 23.3 Å². The van der Waals surface area contributed by atoms with E-state index in [0.29, 0.717) is 12.8 Å². The van der Waals surface area contributed by atoms with Gasteiger partial charge in [-0.1, -0.05) is 12.1 Å². The van der Waals surface area contributed by atoms with E-state index in [1.54, 1.807) is 12.1 Å². The number of rotatable bonds is 7. The Hall–Kier alpha value is -2.74. The van der Waals surface area contributed by atoms with Crippen LogP contribution in [0.2, 0.25) is 0 Å². The van der Waals surface area contributed by atoms with Gasteiger partial charge in [0.1, 0.15) is 16.4 Å². The number of benzene rings is 2. The quantitative estimate of drug-likeness (QED) is 0.425. The van der Waals surface area contributed by atoms with Crippen molar-refractivity contribution in [2.45, 2.75) is 31.6 Å². The van der Waals surface area contributed by atoms with Crippen LogP contribution in [0, 0.1) is 17.0 Å². The van der Waals surface area contributed by atoms with Gasteiger partial charge < -0.3 is 8.98 Å². The third-order valence-corrected chi connectivity index (χ3v) is 4.94. The molecule has 8 heteroatoms. The minimum absolute atomic E-state index is 0.0801. The molecule has 0 atom stereocenters. The number of nitro groups is 1. The van der Waals surface area contributed by atoms with Crippen molar-refractivity contribution in [1.29, 1.82) is 0 Å². The SMILES string of the molecule is CC(=O)CCc1ccc(OS(=O)(=O)c2ccc([N+](=O)[O-])cc2C)cc1. The maximum atomic E-state index is 12.4. The van der Waals surface area contributed by atoms with Crippen LogP contribution >= 0.6 is 0 Å². The molecule has 0 aromatic heterocycles. The van der Waals surface area contributed by atoms with Gasteiger partial charge in [-0.05, 0) is 49.6 Å². The first-order valence-electron chi connectivity index (χ1n) is 7.47. The minimum atomic E-state index is -4.10. The lowest BCUT2D eigenvalue weighted by atomic mass is 10.1. The van der Waals surface area contributed by atoms with Crippen molar-refractivity contribution in [3.63, 3.8) is 0 Å². The van der Waals surface area contributed by atoms with Gasteiger partial charge in [-0.3, -0.25) is 10.1 Å². The Labute approximate surface area is 145 Å². The van der Waals surface area contributed by atoms with Crippen molar-refractivity contribution in [1.82, 2.24) is 0 Å². The summed E-state index contributed by atoms with van der Waals surface area (Å²) in [5.74, 6) is 0.209. The number of aryl methyl sites for hydroxylation is 2. The molecule has 25 heavy (non-hydrogen) atoms. The van der Waals surface area contributed by atoms with E-state index >= 15 is 0 Å². The summed E-state index contributed by atoms with van der Waals surface area (Å²) in [4.78, 5) is 21.0. The first-order valence-corrected chi connectivity index (χ1v) is 8.88. The molecule has 7 nitrogen and oxygen atoms in total. The number of non-ortho nitro benzene ring substituents is 1. The number of nitro benzene ring substituents is 1. The zero-order valence-corrected chi connectivity index (χ0v) is 14.6. The molecule has 2 aromatic rings. The van der Waals surface area contributed by atoms with Gasteiger partial charge in [0, 0.05) is 18.6 Å². The molecule has 0 saturated carbocycles. The molecule has 0 amide bonds. The van der Waals surface area contributed by atoms with Crippen molar-refractivity contribution in [2.24, 2.45) is 0 Å². The first kappa shape index (κ1) is 18.6. The van der Waals surface area contributed by atoms with E-state index in [4.69, 9.17) is 4.18 Å². The van der Waals surface area contributed by atoms with E-state index in [2.05, 4.69) is 0 Å². The van der Waals surface area contributed by atoms with E-state index in [1.165, 1.54) is 32.0 Å². The van der Waals surface area contributed by atoms with Crippen molar-refractivity contribution < 1.29 is 22.3 Å². The standard InChI is InChI=1S/C17H17NO6S/c1-12-11-15(18(20)21)7-10-17(12)25(22,23)24-16-8-5-14(6-9-16)4-3-13(2)19/h5-11H,3-4H2,1-2H3. The highest BCUT2D eigenvalue weighted by molar-refractivity contribution is 7.87. The summed E-state index contributed by atoms with van der Waals surface area (Å²) >= 11 is 0. The summed E-state index contributed by atoms with van der Waals surface area (Å²) in [6, 6.07) is 9.85. The van der Waals surface area contributed by atoms with Crippen molar-refractivity contribution >= 4 is 21.6 Å². The lowest BCUT2D eigenvalue weighted by Crippen LogP contribution is -2.11. The van der Waals surface area contributed by atoms with E-state index < -0.39 is 15.0 Å². The first-order chi connectivity index (χ1) is 11.7. The molecular weight excluding hydrogens is 346 g/mol. The van der Waals surface area contributed by atoms with Gasteiger partial charge in [0.25, 0.3) is 5.69 Å². The van der Waals surface area contributed by atoms with Crippen molar-refractivity contribution in [2.75, 3.05) is 0 Å². The predicted octanol–water partition coefficient (Wildman–Crippen LogP) is 3.19. The molecule has 0 aliphatic rings. The van der Waals surface area contributed by atoms with Gasteiger partial charge in [0.2, 0.25) is 0 Å². The number of Topliss-reactive ketones (excluding diaryl/α,β-unsaturated/α-hetero) is 1. The van der Waals surface area contributed by atoms with E-state index in [-0.39, 0.29) is 27.7 Å². The second-order valence-electron chi connectivity index (χ2n) is 5.59. The predicted molar refractivity (Wildman–Crippen MR) is 91.1 cm³/mol. The molecule has 2 aromatic carbocycles. The molecular formula is C17H17NO6S. The van der Waals surface area contributed by atoms with Crippen LogP contribution in [0.15, 0.2) is 47.4 Å². The Morgan fingerprint density at radius 3 is 2.32 bits per heavy atom. The highest BCUT2D eigenvalue weighted by Gasteiger charge is 2.21. The third-order valence-electron chi connectivity index (χ3n) is 3.53. The molecule has 0 unspecified atom stereocenters. The van der Waals surface area contributed by atoms with Crippen LogP contribution in [-0.2, 0) is 21.3 Å². The van der Waals surface area contributed by atoms with Crippen LogP contribution in [0.1, 0.15) is 24.5 Å². The number of carbonyl (C=O) groups is 1. The summed E-state index contributed by atoms with van der Waals surface area (Å²) in [7, 11) is -4.10. The van der Waals surface area contributed by atoms with Crippen LogP contribution in [0.4, 0.5) is 5.69 Å². The molecule has 0 aliphatic carbocycles. The maximum absolute atomic E-state index is 12.4. The van der Waals surface area contributed by atoms with Crippen molar-refractivity contribution in [3.8, 4) is 5.75 Å². The summed E-state index contributed by atoms with van der Waals surface area (Å²) in [6.45, 7) is 2.98. The normalized spacial score (nSPS) is 11.1. The number of ketones is 1. The third kappa shape index (κ3) is 4.87. The van der Waals surface area contributed by atoms with Gasteiger partial charge in [0.15, 0.2) is 0 Å². The van der Waals surface area contributed by atoms with Crippen LogP contribution in [0.3, 0.4) is 0 Å². The Morgan fingerprint density at radius 2 is 1.80 bits per heavy atom. The summed E-state index contributed by atoms with van der Waals surface area (Å²) in [5.41, 5.74) is 0.935. The van der Waals surface area contributed by atoms with Crippen molar-refractivity contribution in [3.05, 3.63) is 63.7 Å². The highest BCUT2D eigenvalue weighted by atomic mass is 32.2. The zero-order valence-electron chi connectivity index (χ0n) is 13.8. The molecule has 132 valence electrons. The van der Waals surface area contributed by atoms with Gasteiger partial charge in [-0.2, -0.15) is 8.42 Å². The summed E-state index contributed by atoms with van der Waals surface area (Å²) in [5, 5.41) is 10.7. The fourth-order valence-corrected chi connectivity index (χ4v) is 3.37. The fourth-order valence-electron chi connectivity index (χ4n) is 2.23. The smallest absolute Gasteiger partial charge is 0.339 e. The lowest BCUT2D eigenvalue weighted by molar-refractivity contribution is -0.385. The Balaban J connectivity index is 2.18. The van der Waals surface area contributed by atoms with Gasteiger partial charge in [-0.25, -0.2) is 0 Å². The molecule has 0 bridgehead atoms. The summed E-state index contributed by atoms with van der Waals surface area (Å²) < 4.78 is 29.8. The van der Waals surface area contributed by atoms with Gasteiger partial charge in [-0.15, -0.1) is 0 Å². The zero-order chi connectivity index (χ0) is 18.6. The fraction of sp³-hybridized carbons (Fsp3) is 0.235. The number of hydrogen-bond acceptors (Lipinski definition) is 6. The average Bonchev–Trinajstić information content (AvgIpc) is 2.53. The van der Waals surface area contributed by atoms with Crippen LogP contribution in [0.25, 0.3) is 0 Å². The van der Waals surface area contributed by atoms with Gasteiger partial charge in [0.05, 0.1) is 4.92 Å². The summed E-state index contributed by atoms with van der Waals surface area (Å²) in [6.07, 6.45) is 0.990. The largest absolute Gasteiger partial charge is 0.379 e. The van der Waals surface area contributed by atoms with Crippen LogP contribution in [-0.4, -0.2) is 19.1 Å². The molecule has 0 fully saturated rings. The number of hydrogen-bond donors (Lipinski definition) is 0. The van der Waals surface area contributed by atoms with Gasteiger partial charge >= 0.3 is 10.1 Å². The Bertz CT molecular complexity index is 903. The molecule has 2 rings (SSSR count). The molecule has 0 radical (unpaired) electrons. The second-order valence-corrected chi connectivity index (χ2v) is 7.11. The molecule has 0 aliphatic heterocycles. The topological polar surface area (TPSA) is 104 Å². The van der Waals surface area contributed by atoms with E-state index in [1.807, 2.05) is 0 Å². The highest BCUT2D eigenvalue weighted by Crippen LogP contribution is 2.25. The average molecular weight is 363 g/mol. The number of carbonyl (C=O) groups excluding carboxylic acids is 1.